The standard InChI is InChI=1S/C17H18N4O4/c1-10(17(24)25)20(11-7-8-11)16(23)13-9-14(15(18)22)21(19-13)12-5-3-2-4-6-12/h2-6,9-11H,7-8H2,1H3,(H2,18,22)(H,24,25). The van der Waals surface area contributed by atoms with Crippen LogP contribution in [0.25, 0.3) is 5.69 Å². The summed E-state index contributed by atoms with van der Waals surface area (Å²) in [5.41, 5.74) is 6.05. The third-order valence-corrected chi connectivity index (χ3v) is 4.13. The van der Waals surface area contributed by atoms with Crippen molar-refractivity contribution in [1.29, 1.82) is 0 Å². The van der Waals surface area contributed by atoms with E-state index in [1.54, 1.807) is 24.3 Å². The van der Waals surface area contributed by atoms with Gasteiger partial charge in [-0.2, -0.15) is 5.10 Å². The van der Waals surface area contributed by atoms with Gasteiger partial charge in [0, 0.05) is 12.1 Å². The van der Waals surface area contributed by atoms with Crippen molar-refractivity contribution in [3.8, 4) is 5.69 Å². The van der Waals surface area contributed by atoms with E-state index >= 15 is 0 Å². The van der Waals surface area contributed by atoms with Gasteiger partial charge < -0.3 is 15.7 Å². The maximum Gasteiger partial charge on any atom is 0.326 e. The van der Waals surface area contributed by atoms with Crippen LogP contribution in [-0.2, 0) is 4.79 Å². The lowest BCUT2D eigenvalue weighted by Gasteiger charge is -2.25. The number of benzene rings is 1. The minimum absolute atomic E-state index is 0.00217. The van der Waals surface area contributed by atoms with Gasteiger partial charge in [-0.15, -0.1) is 0 Å². The number of nitrogens with two attached hydrogens (primary N) is 1. The van der Waals surface area contributed by atoms with Gasteiger partial charge in [0.1, 0.15) is 11.7 Å². The van der Waals surface area contributed by atoms with Gasteiger partial charge in [-0.25, -0.2) is 9.48 Å². The molecule has 2 aromatic rings. The van der Waals surface area contributed by atoms with Crippen molar-refractivity contribution in [2.24, 2.45) is 5.73 Å². The molecule has 0 radical (unpaired) electrons. The molecule has 0 bridgehead atoms. The maximum atomic E-state index is 12.8. The van der Waals surface area contributed by atoms with E-state index in [1.165, 1.54) is 22.6 Å². The molecule has 1 aliphatic rings. The number of rotatable bonds is 6. The van der Waals surface area contributed by atoms with Crippen LogP contribution in [0.3, 0.4) is 0 Å². The summed E-state index contributed by atoms with van der Waals surface area (Å²) in [6.07, 6.45) is 1.51. The number of primary amides is 1. The van der Waals surface area contributed by atoms with Crippen molar-refractivity contribution >= 4 is 17.8 Å². The van der Waals surface area contributed by atoms with Crippen LogP contribution < -0.4 is 5.73 Å². The average Bonchev–Trinajstić information content (AvgIpc) is 3.31. The first-order chi connectivity index (χ1) is 11.9. The number of hydrogen-bond acceptors (Lipinski definition) is 4. The van der Waals surface area contributed by atoms with E-state index in [-0.39, 0.29) is 17.4 Å². The van der Waals surface area contributed by atoms with E-state index in [0.717, 1.165) is 12.8 Å². The van der Waals surface area contributed by atoms with Crippen LogP contribution in [0.15, 0.2) is 36.4 Å². The minimum atomic E-state index is -1.09. The van der Waals surface area contributed by atoms with Crippen LogP contribution in [0.4, 0.5) is 0 Å². The molecule has 8 heteroatoms. The van der Waals surface area contributed by atoms with E-state index in [2.05, 4.69) is 5.10 Å². The molecule has 1 atom stereocenters. The Hall–Kier alpha value is -3.16. The predicted molar refractivity (Wildman–Crippen MR) is 88.4 cm³/mol. The van der Waals surface area contributed by atoms with Gasteiger partial charge in [0.25, 0.3) is 11.8 Å². The molecule has 1 unspecified atom stereocenters. The van der Waals surface area contributed by atoms with Crippen molar-refractivity contribution in [3.63, 3.8) is 0 Å². The first-order valence-corrected chi connectivity index (χ1v) is 7.91. The Morgan fingerprint density at radius 3 is 2.44 bits per heavy atom. The maximum absolute atomic E-state index is 12.8. The molecule has 1 aromatic heterocycles. The normalized spacial score (nSPS) is 14.8. The third-order valence-electron chi connectivity index (χ3n) is 4.13. The second kappa shape index (κ2) is 6.39. The largest absolute Gasteiger partial charge is 0.480 e. The number of carbonyl (C=O) groups is 3. The number of hydrogen-bond donors (Lipinski definition) is 2. The Bertz CT molecular complexity index is 826. The van der Waals surface area contributed by atoms with Gasteiger partial charge in [-0.05, 0) is 31.9 Å². The van der Waals surface area contributed by atoms with E-state index < -0.39 is 23.8 Å². The van der Waals surface area contributed by atoms with Crippen LogP contribution in [0.5, 0.6) is 0 Å². The number of para-hydroxylation sites is 1. The number of amides is 2. The van der Waals surface area contributed by atoms with E-state index in [1.807, 2.05) is 6.07 Å². The number of carboxylic acids is 1. The minimum Gasteiger partial charge on any atom is -0.480 e. The topological polar surface area (TPSA) is 119 Å². The highest BCUT2D eigenvalue weighted by molar-refractivity contribution is 5.99. The van der Waals surface area contributed by atoms with Crippen molar-refractivity contribution in [3.05, 3.63) is 47.8 Å². The molecular weight excluding hydrogens is 324 g/mol. The molecule has 1 fully saturated rings. The van der Waals surface area contributed by atoms with Crippen LogP contribution in [-0.4, -0.2) is 49.7 Å². The molecule has 8 nitrogen and oxygen atoms in total. The zero-order valence-corrected chi connectivity index (χ0v) is 13.6. The number of carbonyl (C=O) groups excluding carboxylic acids is 2. The monoisotopic (exact) mass is 342 g/mol. The summed E-state index contributed by atoms with van der Waals surface area (Å²) in [6, 6.07) is 9.03. The lowest BCUT2D eigenvalue weighted by molar-refractivity contribution is -0.141. The smallest absolute Gasteiger partial charge is 0.326 e. The van der Waals surface area contributed by atoms with E-state index in [4.69, 9.17) is 5.73 Å². The van der Waals surface area contributed by atoms with Crippen LogP contribution in [0, 0.1) is 0 Å². The van der Waals surface area contributed by atoms with Gasteiger partial charge in [-0.1, -0.05) is 18.2 Å². The van der Waals surface area contributed by atoms with Gasteiger partial charge >= 0.3 is 5.97 Å². The molecule has 0 spiro atoms. The summed E-state index contributed by atoms with van der Waals surface area (Å²) in [5.74, 6) is -2.33. The molecule has 1 aromatic carbocycles. The van der Waals surface area contributed by atoms with Gasteiger partial charge in [0.15, 0.2) is 5.69 Å². The highest BCUT2D eigenvalue weighted by atomic mass is 16.4. The summed E-state index contributed by atoms with van der Waals surface area (Å²) in [4.78, 5) is 37.2. The first-order valence-electron chi connectivity index (χ1n) is 7.91. The summed E-state index contributed by atoms with van der Waals surface area (Å²) in [5, 5.41) is 13.5. The summed E-state index contributed by atoms with van der Waals surface area (Å²) < 4.78 is 1.30. The lowest BCUT2D eigenvalue weighted by Crippen LogP contribution is -2.44. The SMILES string of the molecule is CC(C(=O)O)N(C(=O)c1cc(C(N)=O)n(-c2ccccc2)n1)C1CC1. The van der Waals surface area contributed by atoms with Crippen molar-refractivity contribution in [2.75, 3.05) is 0 Å². The Balaban J connectivity index is 2.01. The van der Waals surface area contributed by atoms with Gasteiger partial charge in [0.2, 0.25) is 0 Å². The molecular formula is C17H18N4O4. The van der Waals surface area contributed by atoms with Crippen LogP contribution in [0.2, 0.25) is 0 Å². The number of aromatic nitrogens is 2. The molecule has 1 aliphatic carbocycles. The van der Waals surface area contributed by atoms with Gasteiger partial charge in [0.05, 0.1) is 5.69 Å². The molecule has 1 saturated carbocycles. The Morgan fingerprint density at radius 1 is 1.28 bits per heavy atom. The molecule has 1 heterocycles. The molecule has 3 N–H and O–H groups in total. The number of carboxylic acid groups (broad SMARTS) is 1. The average molecular weight is 342 g/mol. The van der Waals surface area contributed by atoms with Crippen LogP contribution >= 0.6 is 0 Å². The van der Waals surface area contributed by atoms with E-state index in [0.29, 0.717) is 5.69 Å². The quantitative estimate of drug-likeness (QED) is 0.813. The highest BCUT2D eigenvalue weighted by Crippen LogP contribution is 2.30. The Morgan fingerprint density at radius 2 is 1.92 bits per heavy atom. The third kappa shape index (κ3) is 3.23. The summed E-state index contributed by atoms with van der Waals surface area (Å²) in [6.45, 7) is 1.46. The Labute approximate surface area is 143 Å². The molecule has 0 aliphatic heterocycles. The molecule has 130 valence electrons. The predicted octanol–water partition coefficient (Wildman–Crippen LogP) is 1.05. The molecule has 2 amide bonds. The Kier molecular flexibility index (Phi) is 4.26. The molecule has 3 rings (SSSR count). The van der Waals surface area contributed by atoms with Crippen LogP contribution in [0.1, 0.15) is 40.7 Å². The first kappa shape index (κ1) is 16.7. The summed E-state index contributed by atoms with van der Waals surface area (Å²) >= 11 is 0. The second-order valence-electron chi connectivity index (χ2n) is 5.98. The highest BCUT2D eigenvalue weighted by Gasteiger charge is 2.40. The fraction of sp³-hybridized carbons (Fsp3) is 0.294. The summed E-state index contributed by atoms with van der Waals surface area (Å²) in [7, 11) is 0. The van der Waals surface area contributed by atoms with Crippen molar-refractivity contribution < 1.29 is 19.5 Å². The van der Waals surface area contributed by atoms with Crippen molar-refractivity contribution in [2.45, 2.75) is 31.8 Å². The number of aliphatic carboxylic acids is 1. The van der Waals surface area contributed by atoms with Crippen molar-refractivity contribution in [1.82, 2.24) is 14.7 Å². The van der Waals surface area contributed by atoms with E-state index in [9.17, 15) is 19.5 Å². The van der Waals surface area contributed by atoms with Gasteiger partial charge in [-0.3, -0.25) is 9.59 Å². The zero-order chi connectivity index (χ0) is 18.1. The number of nitrogens with zero attached hydrogens (tertiary/aromatic N) is 3. The fourth-order valence-electron chi connectivity index (χ4n) is 2.69. The second-order valence-corrected chi connectivity index (χ2v) is 5.98. The molecule has 0 saturated heterocycles. The molecule has 25 heavy (non-hydrogen) atoms. The lowest BCUT2D eigenvalue weighted by atomic mass is 10.2. The zero-order valence-electron chi connectivity index (χ0n) is 13.6. The fourth-order valence-corrected chi connectivity index (χ4v) is 2.69.